The van der Waals surface area contributed by atoms with E-state index in [-0.39, 0.29) is 6.54 Å². The summed E-state index contributed by atoms with van der Waals surface area (Å²) in [5.41, 5.74) is 2.73. The van der Waals surface area contributed by atoms with Crippen molar-refractivity contribution in [2.24, 2.45) is 0 Å². The Morgan fingerprint density at radius 1 is 1.15 bits per heavy atom. The smallest absolute Gasteiger partial charge is 0.245 e. The number of halogens is 1. The van der Waals surface area contributed by atoms with E-state index in [0.717, 1.165) is 21.7 Å². The van der Waals surface area contributed by atoms with Gasteiger partial charge in [0, 0.05) is 5.69 Å². The number of hydrogen-bond acceptors (Lipinski definition) is 4. The summed E-state index contributed by atoms with van der Waals surface area (Å²) in [4.78, 5) is 12.4. The summed E-state index contributed by atoms with van der Waals surface area (Å²) in [6, 6.07) is 10.2. The zero-order valence-corrected chi connectivity index (χ0v) is 16.6. The fraction of sp³-hybridized carbons (Fsp3) is 0.278. The van der Waals surface area contributed by atoms with Crippen LogP contribution >= 0.6 is 11.6 Å². The second-order valence-electron chi connectivity index (χ2n) is 6.01. The first kappa shape index (κ1) is 20.1. The van der Waals surface area contributed by atoms with Crippen LogP contribution in [0, 0.1) is 13.8 Å². The van der Waals surface area contributed by atoms with Gasteiger partial charge < -0.3 is 10.1 Å². The summed E-state index contributed by atoms with van der Waals surface area (Å²) < 4.78 is 30.5. The van der Waals surface area contributed by atoms with Gasteiger partial charge in [-0.2, -0.15) is 0 Å². The quantitative estimate of drug-likeness (QED) is 0.812. The van der Waals surface area contributed by atoms with Gasteiger partial charge in [0.25, 0.3) is 0 Å². The summed E-state index contributed by atoms with van der Waals surface area (Å²) in [5, 5.41) is 3.00. The van der Waals surface area contributed by atoms with E-state index in [1.54, 1.807) is 30.3 Å². The largest absolute Gasteiger partial charge is 0.495 e. The van der Waals surface area contributed by atoms with E-state index in [9.17, 15) is 13.2 Å². The van der Waals surface area contributed by atoms with Crippen LogP contribution in [0.3, 0.4) is 0 Å². The first-order valence-electron chi connectivity index (χ1n) is 7.79. The second-order valence-corrected chi connectivity index (χ2v) is 8.33. The van der Waals surface area contributed by atoms with Crippen LogP contribution in [0.1, 0.15) is 11.1 Å². The highest BCUT2D eigenvalue weighted by molar-refractivity contribution is 7.92. The molecule has 0 unspecified atom stereocenters. The number of nitrogens with zero attached hydrogens (tertiary/aromatic N) is 1. The Bertz CT molecular complexity index is 909. The predicted molar refractivity (Wildman–Crippen MR) is 105 cm³/mol. The molecule has 140 valence electrons. The second kappa shape index (κ2) is 7.97. The molecular weight excluding hydrogens is 376 g/mol. The molecule has 1 amide bonds. The summed E-state index contributed by atoms with van der Waals surface area (Å²) in [6.07, 6.45) is 1.07. The third-order valence-electron chi connectivity index (χ3n) is 3.62. The number of methoxy groups -OCH3 is 1. The average molecular weight is 397 g/mol. The number of benzene rings is 2. The Labute approximate surface area is 158 Å². The molecule has 0 fully saturated rings. The molecule has 2 aromatic rings. The lowest BCUT2D eigenvalue weighted by atomic mass is 10.1. The van der Waals surface area contributed by atoms with Crippen molar-refractivity contribution < 1.29 is 17.9 Å². The molecule has 0 aliphatic carbocycles. The van der Waals surface area contributed by atoms with E-state index in [4.69, 9.17) is 16.3 Å². The third-order valence-corrected chi connectivity index (χ3v) is 5.05. The molecule has 0 radical (unpaired) electrons. The van der Waals surface area contributed by atoms with Crippen molar-refractivity contribution >= 4 is 38.9 Å². The highest BCUT2D eigenvalue weighted by Crippen LogP contribution is 2.27. The molecule has 2 rings (SSSR count). The number of sulfonamides is 1. The Hall–Kier alpha value is -2.25. The highest BCUT2D eigenvalue weighted by Gasteiger charge is 2.21. The van der Waals surface area contributed by atoms with Crippen molar-refractivity contribution in [3.05, 3.63) is 52.5 Å². The highest BCUT2D eigenvalue weighted by atomic mass is 35.5. The van der Waals surface area contributed by atoms with Crippen molar-refractivity contribution in [3.8, 4) is 5.75 Å². The van der Waals surface area contributed by atoms with Gasteiger partial charge in [0.2, 0.25) is 15.9 Å². The van der Waals surface area contributed by atoms with E-state index >= 15 is 0 Å². The first-order valence-corrected chi connectivity index (χ1v) is 10.0. The SMILES string of the molecule is COc1ccc(NC(=O)CN(c2cc(C)cc(C)c2)S(C)(=O)=O)cc1Cl. The van der Waals surface area contributed by atoms with Crippen LogP contribution in [0.25, 0.3) is 0 Å². The monoisotopic (exact) mass is 396 g/mol. The number of carbonyl (C=O) groups is 1. The van der Waals surface area contributed by atoms with E-state index in [1.165, 1.54) is 7.11 Å². The molecule has 0 bridgehead atoms. The molecule has 1 N–H and O–H groups in total. The maximum absolute atomic E-state index is 12.4. The lowest BCUT2D eigenvalue weighted by Crippen LogP contribution is -2.37. The molecule has 0 aliphatic heterocycles. The van der Waals surface area contributed by atoms with Gasteiger partial charge in [0.1, 0.15) is 12.3 Å². The minimum atomic E-state index is -3.63. The molecule has 0 aromatic heterocycles. The zero-order chi connectivity index (χ0) is 19.5. The van der Waals surface area contributed by atoms with Gasteiger partial charge in [0.05, 0.1) is 24.1 Å². The molecule has 26 heavy (non-hydrogen) atoms. The molecular formula is C18H21ClN2O4S. The van der Waals surface area contributed by atoms with E-state index < -0.39 is 15.9 Å². The van der Waals surface area contributed by atoms with Gasteiger partial charge in [-0.3, -0.25) is 9.10 Å². The topological polar surface area (TPSA) is 75.7 Å². The van der Waals surface area contributed by atoms with Crippen molar-refractivity contribution in [2.75, 3.05) is 29.5 Å². The lowest BCUT2D eigenvalue weighted by molar-refractivity contribution is -0.114. The Morgan fingerprint density at radius 3 is 2.27 bits per heavy atom. The van der Waals surface area contributed by atoms with Gasteiger partial charge >= 0.3 is 0 Å². The molecule has 0 aliphatic rings. The summed E-state index contributed by atoms with van der Waals surface area (Å²) in [5.74, 6) is 0.00785. The Morgan fingerprint density at radius 2 is 1.77 bits per heavy atom. The molecule has 0 saturated heterocycles. The Balaban J connectivity index is 2.23. The number of carbonyl (C=O) groups excluding carboxylic acids is 1. The van der Waals surface area contributed by atoms with Crippen LogP contribution in [0.15, 0.2) is 36.4 Å². The van der Waals surface area contributed by atoms with Gasteiger partial charge in [0.15, 0.2) is 0 Å². The number of hydrogen-bond donors (Lipinski definition) is 1. The number of amides is 1. The summed E-state index contributed by atoms with van der Waals surface area (Å²) in [6.45, 7) is 3.40. The van der Waals surface area contributed by atoms with Gasteiger partial charge in [-0.15, -0.1) is 0 Å². The molecule has 0 atom stereocenters. The summed E-state index contributed by atoms with van der Waals surface area (Å²) in [7, 11) is -2.14. The van der Waals surface area contributed by atoms with Crippen LogP contribution in [-0.4, -0.2) is 34.2 Å². The molecule has 0 saturated carbocycles. The molecule has 2 aromatic carbocycles. The summed E-state index contributed by atoms with van der Waals surface area (Å²) >= 11 is 6.04. The number of nitrogens with one attached hydrogen (secondary N) is 1. The van der Waals surface area contributed by atoms with Crippen molar-refractivity contribution in [3.63, 3.8) is 0 Å². The van der Waals surface area contributed by atoms with Crippen LogP contribution < -0.4 is 14.4 Å². The zero-order valence-electron chi connectivity index (χ0n) is 15.0. The van der Waals surface area contributed by atoms with Crippen LogP contribution in [0.5, 0.6) is 5.75 Å². The minimum Gasteiger partial charge on any atom is -0.495 e. The number of rotatable bonds is 6. The molecule has 8 heteroatoms. The molecule has 6 nitrogen and oxygen atoms in total. The predicted octanol–water partition coefficient (Wildman–Crippen LogP) is 3.37. The van der Waals surface area contributed by atoms with Gasteiger partial charge in [-0.05, 0) is 55.3 Å². The van der Waals surface area contributed by atoms with E-state index in [2.05, 4.69) is 5.32 Å². The van der Waals surface area contributed by atoms with Crippen molar-refractivity contribution in [1.29, 1.82) is 0 Å². The van der Waals surface area contributed by atoms with Crippen molar-refractivity contribution in [1.82, 2.24) is 0 Å². The van der Waals surface area contributed by atoms with E-state index in [1.807, 2.05) is 19.9 Å². The van der Waals surface area contributed by atoms with Crippen LogP contribution in [-0.2, 0) is 14.8 Å². The maximum Gasteiger partial charge on any atom is 0.245 e. The lowest BCUT2D eigenvalue weighted by Gasteiger charge is -2.23. The van der Waals surface area contributed by atoms with Gasteiger partial charge in [-0.25, -0.2) is 8.42 Å². The average Bonchev–Trinajstić information content (AvgIpc) is 2.50. The number of anilines is 2. The Kier molecular flexibility index (Phi) is 6.15. The third kappa shape index (κ3) is 5.12. The number of ether oxygens (including phenoxy) is 1. The molecule has 0 heterocycles. The fourth-order valence-electron chi connectivity index (χ4n) is 2.57. The normalized spacial score (nSPS) is 11.1. The minimum absolute atomic E-state index is 0.342. The number of aryl methyl sites for hydroxylation is 2. The van der Waals surface area contributed by atoms with E-state index in [0.29, 0.717) is 22.1 Å². The maximum atomic E-state index is 12.4. The van der Waals surface area contributed by atoms with Crippen LogP contribution in [0.4, 0.5) is 11.4 Å². The standard InChI is InChI=1S/C18H21ClN2O4S/c1-12-7-13(2)9-15(8-12)21(26(4,23)24)11-18(22)20-14-5-6-17(25-3)16(19)10-14/h5-10H,11H2,1-4H3,(H,20,22). The first-order chi connectivity index (χ1) is 12.1. The van der Waals surface area contributed by atoms with Gasteiger partial charge in [-0.1, -0.05) is 17.7 Å². The fourth-order valence-corrected chi connectivity index (χ4v) is 3.67. The van der Waals surface area contributed by atoms with Crippen molar-refractivity contribution in [2.45, 2.75) is 13.8 Å². The molecule has 0 spiro atoms. The van der Waals surface area contributed by atoms with Crippen LogP contribution in [0.2, 0.25) is 5.02 Å².